The third-order valence-corrected chi connectivity index (χ3v) is 4.18. The van der Waals surface area contributed by atoms with Crippen molar-refractivity contribution in [2.45, 2.75) is 20.3 Å². The molecule has 6 heteroatoms. The van der Waals surface area contributed by atoms with E-state index in [-0.39, 0.29) is 12.3 Å². The summed E-state index contributed by atoms with van der Waals surface area (Å²) in [4.78, 5) is 25.2. The maximum Gasteiger partial charge on any atom is 0.354 e. The Morgan fingerprint density at radius 2 is 1.48 bits per heavy atom. The molecule has 0 radical (unpaired) electrons. The zero-order chi connectivity index (χ0) is 21.2. The average molecular weight is 397 g/mol. The molecule has 0 fully saturated rings. The van der Waals surface area contributed by atoms with Crippen molar-refractivity contribution < 1.29 is 23.8 Å². The lowest BCUT2D eigenvalue weighted by molar-refractivity contribution is -0.139. The predicted octanol–water partition coefficient (Wildman–Crippen LogP) is 4.06. The molecule has 29 heavy (non-hydrogen) atoms. The average Bonchev–Trinajstić information content (AvgIpc) is 2.73. The van der Waals surface area contributed by atoms with Crippen LogP contribution in [0.3, 0.4) is 0 Å². The first kappa shape index (κ1) is 22.0. The van der Waals surface area contributed by atoms with Gasteiger partial charge >= 0.3 is 5.97 Å². The molecule has 1 amide bonds. The number of benzene rings is 2. The van der Waals surface area contributed by atoms with Crippen molar-refractivity contribution in [1.29, 1.82) is 0 Å². The number of carbonyl (C=O) groups is 2. The highest BCUT2D eigenvalue weighted by molar-refractivity contribution is 6.03. The quantitative estimate of drug-likeness (QED) is 0.510. The number of hydrogen-bond donors (Lipinski definition) is 1. The van der Waals surface area contributed by atoms with E-state index in [0.717, 1.165) is 12.0 Å². The van der Waals surface area contributed by atoms with Gasteiger partial charge in [-0.15, -0.1) is 0 Å². The number of esters is 1. The van der Waals surface area contributed by atoms with Crippen LogP contribution in [0.25, 0.3) is 6.08 Å². The van der Waals surface area contributed by atoms with Gasteiger partial charge in [-0.05, 0) is 60.4 Å². The van der Waals surface area contributed by atoms with Gasteiger partial charge in [0.2, 0.25) is 0 Å². The van der Waals surface area contributed by atoms with Crippen LogP contribution in [0.5, 0.6) is 11.5 Å². The number of amides is 1. The molecular weight excluding hydrogens is 370 g/mol. The number of nitrogens with one attached hydrogen (secondary N) is 1. The number of hydrogen-bond acceptors (Lipinski definition) is 5. The fourth-order valence-electron chi connectivity index (χ4n) is 2.41. The lowest BCUT2D eigenvalue weighted by Crippen LogP contribution is -2.28. The Bertz CT molecular complexity index is 839. The molecule has 0 spiro atoms. The van der Waals surface area contributed by atoms with Gasteiger partial charge in [0.1, 0.15) is 17.2 Å². The van der Waals surface area contributed by atoms with Crippen LogP contribution in [0.15, 0.2) is 54.2 Å². The van der Waals surface area contributed by atoms with Crippen LogP contribution >= 0.6 is 0 Å². The Balaban J connectivity index is 2.20. The first-order valence-electron chi connectivity index (χ1n) is 9.41. The highest BCUT2D eigenvalue weighted by atomic mass is 16.5. The van der Waals surface area contributed by atoms with Crippen LogP contribution in [0.1, 0.15) is 36.2 Å². The number of methoxy groups -OCH3 is 2. The van der Waals surface area contributed by atoms with E-state index in [1.54, 1.807) is 68.8 Å². The van der Waals surface area contributed by atoms with E-state index in [0.29, 0.717) is 23.0 Å². The minimum absolute atomic E-state index is 0.0692. The number of carbonyl (C=O) groups excluding carboxylic acids is 2. The van der Waals surface area contributed by atoms with Crippen molar-refractivity contribution in [2.75, 3.05) is 20.8 Å². The van der Waals surface area contributed by atoms with Gasteiger partial charge in [-0.2, -0.15) is 0 Å². The first-order valence-corrected chi connectivity index (χ1v) is 9.41. The lowest BCUT2D eigenvalue weighted by Gasteiger charge is -2.12. The van der Waals surface area contributed by atoms with Crippen LogP contribution in [-0.2, 0) is 9.53 Å². The van der Waals surface area contributed by atoms with Gasteiger partial charge in [-0.3, -0.25) is 4.79 Å². The minimum atomic E-state index is -0.580. The third kappa shape index (κ3) is 6.99. The van der Waals surface area contributed by atoms with Crippen molar-refractivity contribution in [2.24, 2.45) is 5.92 Å². The first-order chi connectivity index (χ1) is 13.9. The summed E-state index contributed by atoms with van der Waals surface area (Å²) in [5, 5.41) is 2.66. The van der Waals surface area contributed by atoms with Crippen molar-refractivity contribution >= 4 is 18.0 Å². The highest BCUT2D eigenvalue weighted by Gasteiger charge is 2.16. The van der Waals surface area contributed by atoms with Crippen LogP contribution in [0.2, 0.25) is 0 Å². The van der Waals surface area contributed by atoms with Crippen LogP contribution in [0, 0.1) is 5.92 Å². The van der Waals surface area contributed by atoms with Gasteiger partial charge in [0.05, 0.1) is 20.8 Å². The van der Waals surface area contributed by atoms with Gasteiger partial charge < -0.3 is 19.5 Å². The molecule has 0 aliphatic rings. The molecule has 6 nitrogen and oxygen atoms in total. The summed E-state index contributed by atoms with van der Waals surface area (Å²) in [6, 6.07) is 13.8. The molecule has 0 atom stereocenters. The van der Waals surface area contributed by atoms with E-state index < -0.39 is 11.9 Å². The SMILES string of the molecule is COc1ccc(C=C(NC(=O)c2ccc(OC)cc2)C(=O)OCCC(C)C)cc1. The number of rotatable bonds is 9. The van der Waals surface area contributed by atoms with Crippen LogP contribution in [0.4, 0.5) is 0 Å². The van der Waals surface area contributed by atoms with Crippen molar-refractivity contribution in [3.05, 3.63) is 65.4 Å². The maximum absolute atomic E-state index is 12.6. The smallest absolute Gasteiger partial charge is 0.354 e. The maximum atomic E-state index is 12.6. The third-order valence-electron chi connectivity index (χ3n) is 4.18. The topological polar surface area (TPSA) is 73.9 Å². The van der Waals surface area contributed by atoms with E-state index in [1.807, 2.05) is 13.8 Å². The lowest BCUT2D eigenvalue weighted by atomic mass is 10.1. The Morgan fingerprint density at radius 1 is 0.931 bits per heavy atom. The standard InChI is InChI=1S/C23H27NO5/c1-16(2)13-14-29-23(26)21(15-17-5-9-19(27-3)10-6-17)24-22(25)18-7-11-20(28-4)12-8-18/h5-12,15-16H,13-14H2,1-4H3,(H,24,25). The molecule has 154 valence electrons. The van der Waals surface area contributed by atoms with E-state index in [1.165, 1.54) is 0 Å². The summed E-state index contributed by atoms with van der Waals surface area (Å²) in [6.45, 7) is 4.38. The molecule has 0 bridgehead atoms. The van der Waals surface area contributed by atoms with E-state index >= 15 is 0 Å². The van der Waals surface area contributed by atoms with E-state index in [9.17, 15) is 9.59 Å². The molecule has 0 unspecified atom stereocenters. The fourth-order valence-corrected chi connectivity index (χ4v) is 2.41. The fraction of sp³-hybridized carbons (Fsp3) is 0.304. The predicted molar refractivity (Wildman–Crippen MR) is 112 cm³/mol. The molecule has 2 aromatic carbocycles. The van der Waals surface area contributed by atoms with Gasteiger partial charge in [0, 0.05) is 5.56 Å². The molecule has 0 saturated carbocycles. The minimum Gasteiger partial charge on any atom is -0.497 e. The van der Waals surface area contributed by atoms with Gasteiger partial charge in [0.15, 0.2) is 0 Å². The second-order valence-corrected chi connectivity index (χ2v) is 6.83. The normalized spacial score (nSPS) is 11.1. The van der Waals surface area contributed by atoms with Gasteiger partial charge in [-0.25, -0.2) is 4.79 Å². The highest BCUT2D eigenvalue weighted by Crippen LogP contribution is 2.15. The summed E-state index contributed by atoms with van der Waals surface area (Å²) in [6.07, 6.45) is 2.33. The Hall–Kier alpha value is -3.28. The monoisotopic (exact) mass is 397 g/mol. The second-order valence-electron chi connectivity index (χ2n) is 6.83. The molecule has 2 rings (SSSR count). The van der Waals surface area contributed by atoms with Crippen molar-refractivity contribution in [3.63, 3.8) is 0 Å². The Labute approximate surface area is 171 Å². The van der Waals surface area contributed by atoms with Gasteiger partial charge in [0.25, 0.3) is 5.91 Å². The Kier molecular flexibility index (Phi) is 8.27. The Morgan fingerprint density at radius 3 is 2.00 bits per heavy atom. The van der Waals surface area contributed by atoms with Crippen molar-refractivity contribution in [3.8, 4) is 11.5 Å². The summed E-state index contributed by atoms with van der Waals surface area (Å²) in [7, 11) is 3.13. The molecule has 0 heterocycles. The molecule has 0 saturated heterocycles. The molecular formula is C23H27NO5. The molecule has 0 aromatic heterocycles. The number of ether oxygens (including phenoxy) is 3. The summed E-state index contributed by atoms with van der Waals surface area (Å²) in [5.74, 6) is 0.761. The summed E-state index contributed by atoms with van der Waals surface area (Å²) >= 11 is 0. The second kappa shape index (κ2) is 10.9. The molecule has 1 N–H and O–H groups in total. The summed E-state index contributed by atoms with van der Waals surface area (Å²) in [5.41, 5.74) is 1.21. The largest absolute Gasteiger partial charge is 0.497 e. The molecule has 0 aliphatic carbocycles. The zero-order valence-electron chi connectivity index (χ0n) is 17.2. The van der Waals surface area contributed by atoms with E-state index in [2.05, 4.69) is 5.32 Å². The van der Waals surface area contributed by atoms with E-state index in [4.69, 9.17) is 14.2 Å². The summed E-state index contributed by atoms with van der Waals surface area (Å²) < 4.78 is 15.6. The molecule has 2 aromatic rings. The van der Waals surface area contributed by atoms with Crippen molar-refractivity contribution in [1.82, 2.24) is 5.32 Å². The zero-order valence-corrected chi connectivity index (χ0v) is 17.2. The van der Waals surface area contributed by atoms with Gasteiger partial charge in [-0.1, -0.05) is 26.0 Å². The van der Waals surface area contributed by atoms with Crippen LogP contribution < -0.4 is 14.8 Å². The van der Waals surface area contributed by atoms with Crippen LogP contribution in [-0.4, -0.2) is 32.7 Å². The molecule has 0 aliphatic heterocycles.